The van der Waals surface area contributed by atoms with Gasteiger partial charge in [-0.25, -0.2) is 0 Å². The van der Waals surface area contributed by atoms with E-state index in [1.165, 1.54) is 72.0 Å². The number of benzene rings is 5. The third-order valence-electron chi connectivity index (χ3n) is 8.90. The summed E-state index contributed by atoms with van der Waals surface area (Å²) in [7, 11) is 0. The molecular formula is C42H41N. The number of allylic oxidation sites excluding steroid dienone is 6. The van der Waals surface area contributed by atoms with E-state index in [0.29, 0.717) is 0 Å². The van der Waals surface area contributed by atoms with E-state index in [1.807, 2.05) is 0 Å². The molecule has 0 amide bonds. The molecule has 0 bridgehead atoms. The van der Waals surface area contributed by atoms with Crippen LogP contribution in [0.4, 0.5) is 5.69 Å². The van der Waals surface area contributed by atoms with Crippen LogP contribution in [0, 0.1) is 0 Å². The Kier molecular flexibility index (Phi) is 7.67. The average molecular weight is 560 g/mol. The lowest BCUT2D eigenvalue weighted by Crippen LogP contribution is -2.21. The monoisotopic (exact) mass is 559 g/mol. The van der Waals surface area contributed by atoms with Crippen LogP contribution in [0.1, 0.15) is 59.1 Å². The van der Waals surface area contributed by atoms with Crippen LogP contribution in [-0.2, 0) is 5.41 Å². The first-order valence-electron chi connectivity index (χ1n) is 15.5. The summed E-state index contributed by atoms with van der Waals surface area (Å²) >= 11 is 0. The molecule has 1 aliphatic carbocycles. The molecule has 0 saturated carbocycles. The first-order chi connectivity index (χ1) is 20.9. The number of rotatable bonds is 7. The van der Waals surface area contributed by atoms with Gasteiger partial charge in [0.05, 0.1) is 0 Å². The molecule has 214 valence electrons. The minimum absolute atomic E-state index is 0.138. The van der Waals surface area contributed by atoms with Crippen molar-refractivity contribution in [2.24, 2.45) is 0 Å². The van der Waals surface area contributed by atoms with Crippen LogP contribution >= 0.6 is 0 Å². The van der Waals surface area contributed by atoms with E-state index in [9.17, 15) is 0 Å². The first kappa shape index (κ1) is 28.5. The maximum atomic E-state index is 2.45. The molecule has 5 aromatic carbocycles. The minimum Gasteiger partial charge on any atom is -0.311 e. The Bertz CT molecular complexity index is 1960. The zero-order valence-corrected chi connectivity index (χ0v) is 26.3. The summed E-state index contributed by atoms with van der Waals surface area (Å²) in [5.74, 6) is 0. The first-order valence-corrected chi connectivity index (χ1v) is 15.5. The maximum Gasteiger partial charge on any atom is 0.0464 e. The summed E-state index contributed by atoms with van der Waals surface area (Å²) in [6, 6.07) is 34.1. The van der Waals surface area contributed by atoms with E-state index in [-0.39, 0.29) is 5.41 Å². The molecule has 0 saturated heterocycles. The number of anilines is 1. The van der Waals surface area contributed by atoms with Gasteiger partial charge in [0.1, 0.15) is 0 Å². The normalized spacial score (nSPS) is 14.7. The summed E-state index contributed by atoms with van der Waals surface area (Å²) < 4.78 is 0. The van der Waals surface area contributed by atoms with Crippen molar-refractivity contribution >= 4 is 27.2 Å². The van der Waals surface area contributed by atoms with E-state index in [1.54, 1.807) is 0 Å². The Morgan fingerprint density at radius 2 is 1.28 bits per heavy atom. The molecule has 0 heterocycles. The Labute approximate surface area is 257 Å². The lowest BCUT2D eigenvalue weighted by Gasteiger charge is -2.29. The zero-order valence-electron chi connectivity index (χ0n) is 26.3. The van der Waals surface area contributed by atoms with Gasteiger partial charge in [0.25, 0.3) is 0 Å². The van der Waals surface area contributed by atoms with Gasteiger partial charge in [0.2, 0.25) is 0 Å². The third-order valence-corrected chi connectivity index (χ3v) is 8.90. The third kappa shape index (κ3) is 4.83. The summed E-state index contributed by atoms with van der Waals surface area (Å²) in [6.07, 6.45) is 14.1. The lowest BCUT2D eigenvalue weighted by molar-refractivity contribution is 0.660. The number of hydrogen-bond acceptors (Lipinski definition) is 1. The highest BCUT2D eigenvalue weighted by Gasteiger charge is 2.36. The molecule has 1 heteroatoms. The van der Waals surface area contributed by atoms with Gasteiger partial charge in [-0.05, 0) is 119 Å². The van der Waals surface area contributed by atoms with Crippen molar-refractivity contribution in [3.8, 4) is 22.3 Å². The van der Waals surface area contributed by atoms with Crippen LogP contribution in [-0.4, -0.2) is 0 Å². The van der Waals surface area contributed by atoms with E-state index in [4.69, 9.17) is 0 Å². The molecule has 0 radical (unpaired) electrons. The van der Waals surface area contributed by atoms with Crippen LogP contribution < -0.4 is 4.90 Å². The predicted octanol–water partition coefficient (Wildman–Crippen LogP) is 12.1. The van der Waals surface area contributed by atoms with Crippen LogP contribution in [0.5, 0.6) is 0 Å². The molecule has 0 aliphatic heterocycles. The average Bonchev–Trinajstić information content (AvgIpc) is 3.26. The lowest BCUT2D eigenvalue weighted by atomic mass is 9.81. The molecule has 0 fully saturated rings. The van der Waals surface area contributed by atoms with Crippen molar-refractivity contribution in [3.63, 3.8) is 0 Å². The van der Waals surface area contributed by atoms with Gasteiger partial charge >= 0.3 is 0 Å². The second-order valence-electron chi connectivity index (χ2n) is 11.9. The molecule has 43 heavy (non-hydrogen) atoms. The van der Waals surface area contributed by atoms with Gasteiger partial charge in [-0.2, -0.15) is 0 Å². The molecule has 1 aliphatic rings. The van der Waals surface area contributed by atoms with Crippen molar-refractivity contribution in [2.75, 3.05) is 4.90 Å². The topological polar surface area (TPSA) is 3.24 Å². The summed E-state index contributed by atoms with van der Waals surface area (Å²) in [5.41, 5.74) is 11.4. The highest BCUT2D eigenvalue weighted by Crippen LogP contribution is 2.51. The van der Waals surface area contributed by atoms with Gasteiger partial charge < -0.3 is 4.90 Å². The highest BCUT2D eigenvalue weighted by atomic mass is 15.1. The van der Waals surface area contributed by atoms with Crippen LogP contribution in [0.2, 0.25) is 0 Å². The Hall–Kier alpha value is -4.62. The van der Waals surface area contributed by atoms with Crippen LogP contribution in [0.25, 0.3) is 43.8 Å². The minimum atomic E-state index is -0.138. The Balaban J connectivity index is 1.50. The zero-order chi connectivity index (χ0) is 30.1. The molecule has 1 nitrogen and oxygen atoms in total. The van der Waals surface area contributed by atoms with Crippen molar-refractivity contribution in [1.29, 1.82) is 0 Å². The number of fused-ring (bicyclic) bond motifs is 6. The van der Waals surface area contributed by atoms with E-state index >= 15 is 0 Å². The fourth-order valence-corrected chi connectivity index (χ4v) is 6.86. The van der Waals surface area contributed by atoms with Gasteiger partial charge in [-0.3, -0.25) is 0 Å². The molecule has 0 atom stereocenters. The molecule has 0 N–H and O–H groups in total. The van der Waals surface area contributed by atoms with Crippen molar-refractivity contribution in [1.82, 2.24) is 0 Å². The molecule has 5 aromatic rings. The fraction of sp³-hybridized carbons (Fsp3) is 0.190. The summed E-state index contributed by atoms with van der Waals surface area (Å²) in [6.45, 7) is 13.2. The van der Waals surface area contributed by atoms with Crippen molar-refractivity contribution in [3.05, 3.63) is 150 Å². The van der Waals surface area contributed by atoms with E-state index in [2.05, 4.69) is 174 Å². The van der Waals surface area contributed by atoms with E-state index in [0.717, 1.165) is 6.42 Å². The molecule has 0 aromatic heterocycles. The van der Waals surface area contributed by atoms with Crippen LogP contribution in [0.3, 0.4) is 0 Å². The smallest absolute Gasteiger partial charge is 0.0464 e. The largest absolute Gasteiger partial charge is 0.311 e. The van der Waals surface area contributed by atoms with Gasteiger partial charge in [-0.15, -0.1) is 0 Å². The van der Waals surface area contributed by atoms with Gasteiger partial charge in [-0.1, -0.05) is 112 Å². The summed E-state index contributed by atoms with van der Waals surface area (Å²) in [4.78, 5) is 2.38. The van der Waals surface area contributed by atoms with Crippen LogP contribution in [0.15, 0.2) is 139 Å². The maximum absolute atomic E-state index is 2.45. The quantitative estimate of drug-likeness (QED) is 0.142. The van der Waals surface area contributed by atoms with Crippen molar-refractivity contribution in [2.45, 2.75) is 53.4 Å². The molecule has 0 unspecified atom stereocenters. The SMILES string of the molecule is C/C=C\C(=C/C)N(C(/C=C\C)=C/CC)c1ccc2c(c1)C(C)(C)c1cc(-c3cc4ccccc4c4ccccc34)ccc1-2. The van der Waals surface area contributed by atoms with Gasteiger partial charge in [0.15, 0.2) is 0 Å². The Morgan fingerprint density at radius 1 is 0.651 bits per heavy atom. The van der Waals surface area contributed by atoms with E-state index < -0.39 is 0 Å². The van der Waals surface area contributed by atoms with Gasteiger partial charge in [0, 0.05) is 22.5 Å². The Morgan fingerprint density at radius 3 is 1.98 bits per heavy atom. The van der Waals surface area contributed by atoms with Crippen molar-refractivity contribution < 1.29 is 0 Å². The highest BCUT2D eigenvalue weighted by molar-refractivity contribution is 6.13. The second kappa shape index (κ2) is 11.6. The molecular weight excluding hydrogens is 518 g/mol. The molecule has 6 rings (SSSR count). The standard InChI is InChI=1S/C42H41N/c1-7-15-31(10-4)43(32(16-8-2)17-9-3)33-23-25-38-37-24-22-30(27-40(37)42(5,6)41(38)28-33)39-26-29-18-11-12-19-34(29)35-20-13-14-21-36(35)39/h7-8,10-28H,9H2,1-6H3/b15-7-,16-8-,31-10+,32-17+. The fourth-order valence-electron chi connectivity index (χ4n) is 6.86. The predicted molar refractivity (Wildman–Crippen MR) is 189 cm³/mol. The molecule has 0 spiro atoms. The number of nitrogens with zero attached hydrogens (tertiary/aromatic N) is 1. The number of hydrogen-bond donors (Lipinski definition) is 0. The second-order valence-corrected chi connectivity index (χ2v) is 11.9. The summed E-state index contributed by atoms with van der Waals surface area (Å²) in [5, 5.41) is 5.19.